The van der Waals surface area contributed by atoms with Crippen LogP contribution >= 0.6 is 11.3 Å². The molecule has 31 heavy (non-hydrogen) atoms. The highest BCUT2D eigenvalue weighted by Crippen LogP contribution is 2.31. The number of halogens is 3. The van der Waals surface area contributed by atoms with E-state index < -0.39 is 32.9 Å². The Kier molecular flexibility index (Phi) is 6.45. The van der Waals surface area contributed by atoms with Crippen molar-refractivity contribution < 1.29 is 35.3 Å². The van der Waals surface area contributed by atoms with Crippen molar-refractivity contribution in [3.8, 4) is 5.75 Å². The quantitative estimate of drug-likeness (QED) is 0.317. The molecule has 0 aliphatic heterocycles. The number of carbonyl (C=O) groups excluding carboxylic acids is 1. The molecular weight excluding hydrogens is 459 g/mol. The average Bonchev–Trinajstić information content (AvgIpc) is 3.40. The van der Waals surface area contributed by atoms with Crippen LogP contribution in [0.1, 0.15) is 26.8 Å². The minimum atomic E-state index is -6.00. The first-order valence-corrected chi connectivity index (χ1v) is 10.7. The van der Waals surface area contributed by atoms with Crippen LogP contribution in [0.4, 0.5) is 13.2 Å². The molecule has 13 heteroatoms. The summed E-state index contributed by atoms with van der Waals surface area (Å²) in [6, 6.07) is 3.53. The van der Waals surface area contributed by atoms with Crippen molar-refractivity contribution in [2.75, 3.05) is 7.11 Å². The Labute approximate surface area is 178 Å². The monoisotopic (exact) mass is 473 g/mol. The maximum atomic E-state index is 12.8. The van der Waals surface area contributed by atoms with Gasteiger partial charge in [0.1, 0.15) is 16.4 Å². The van der Waals surface area contributed by atoms with Gasteiger partial charge in [-0.3, -0.25) is 0 Å². The molecule has 0 saturated heterocycles. The summed E-state index contributed by atoms with van der Waals surface area (Å²) in [4.78, 5) is 23.2. The molecule has 0 bridgehead atoms. The minimum absolute atomic E-state index is 0.275. The second-order valence-corrected chi connectivity index (χ2v) is 8.38. The number of imidazole rings is 1. The van der Waals surface area contributed by atoms with Gasteiger partial charge in [0.25, 0.3) is 0 Å². The Balaban J connectivity index is 2.06. The van der Waals surface area contributed by atoms with E-state index in [2.05, 4.69) is 23.9 Å². The lowest BCUT2D eigenvalue weighted by Gasteiger charge is -2.13. The number of nitrogens with one attached hydrogen (secondary N) is 1. The molecule has 0 unspecified atom stereocenters. The number of carbonyl (C=O) groups is 1. The highest BCUT2D eigenvalue weighted by Gasteiger charge is 2.49. The van der Waals surface area contributed by atoms with Crippen molar-refractivity contribution in [3.05, 3.63) is 64.1 Å². The standard InChI is InChI=1S/C18H14F3N3O5S2/c1-28-17(25)13-3-2-11(9-14(13)29-31(26,27)18(19,20)21)8-12(16-24-6-7-30-16)10-15-22-4-5-23-15/h2-9H,10H2,1H3,(H,22,23). The third kappa shape index (κ3) is 5.30. The first kappa shape index (κ1) is 22.5. The predicted octanol–water partition coefficient (Wildman–Crippen LogP) is 3.66. The van der Waals surface area contributed by atoms with Crippen LogP contribution in [-0.2, 0) is 21.3 Å². The van der Waals surface area contributed by atoms with Crippen LogP contribution in [0.3, 0.4) is 0 Å². The number of aromatic amines is 1. The summed E-state index contributed by atoms with van der Waals surface area (Å²) in [5.74, 6) is -1.25. The number of allylic oxidation sites excluding steroid dienone is 1. The SMILES string of the molecule is COC(=O)c1ccc(C=C(Cc2ncc[nH]2)c2nccs2)cc1OS(=O)(=O)C(F)(F)F. The lowest BCUT2D eigenvalue weighted by molar-refractivity contribution is -0.0500. The Bertz CT molecular complexity index is 1190. The van der Waals surface area contributed by atoms with E-state index >= 15 is 0 Å². The molecule has 0 saturated carbocycles. The summed E-state index contributed by atoms with van der Waals surface area (Å²) in [6.07, 6.45) is 6.67. The van der Waals surface area contributed by atoms with Crippen LogP contribution < -0.4 is 4.18 Å². The van der Waals surface area contributed by atoms with Gasteiger partial charge in [-0.05, 0) is 29.3 Å². The molecule has 164 valence electrons. The minimum Gasteiger partial charge on any atom is -0.465 e. The molecule has 0 radical (unpaired) electrons. The molecule has 0 atom stereocenters. The summed E-state index contributed by atoms with van der Waals surface area (Å²) in [6.45, 7) is 0. The number of alkyl halides is 3. The molecule has 3 aromatic rings. The van der Waals surface area contributed by atoms with Gasteiger partial charge in [0.05, 0.1) is 7.11 Å². The van der Waals surface area contributed by atoms with Crippen molar-refractivity contribution in [2.24, 2.45) is 0 Å². The highest BCUT2D eigenvalue weighted by atomic mass is 32.2. The van der Waals surface area contributed by atoms with Crippen LogP contribution in [-0.4, -0.2) is 42.0 Å². The zero-order valence-corrected chi connectivity index (χ0v) is 17.3. The van der Waals surface area contributed by atoms with Gasteiger partial charge in [-0.2, -0.15) is 21.6 Å². The molecule has 0 spiro atoms. The number of hydrogen-bond donors (Lipinski definition) is 1. The fraction of sp³-hybridized carbons (Fsp3) is 0.167. The Morgan fingerprint density at radius 3 is 2.61 bits per heavy atom. The molecule has 0 aliphatic carbocycles. The zero-order valence-electron chi connectivity index (χ0n) is 15.7. The summed E-state index contributed by atoms with van der Waals surface area (Å²) < 4.78 is 70.0. The summed E-state index contributed by atoms with van der Waals surface area (Å²) >= 11 is 1.33. The molecule has 8 nitrogen and oxygen atoms in total. The number of esters is 1. The summed E-state index contributed by atoms with van der Waals surface area (Å²) in [5, 5.41) is 2.37. The maximum Gasteiger partial charge on any atom is 0.534 e. The number of methoxy groups -OCH3 is 1. The number of rotatable bonds is 7. The Morgan fingerprint density at radius 2 is 2.03 bits per heavy atom. The third-order valence-electron chi connectivity index (χ3n) is 3.85. The van der Waals surface area contributed by atoms with Gasteiger partial charge in [0.2, 0.25) is 0 Å². The third-order valence-corrected chi connectivity index (χ3v) is 5.67. The van der Waals surface area contributed by atoms with Gasteiger partial charge < -0.3 is 13.9 Å². The molecule has 3 rings (SSSR count). The van der Waals surface area contributed by atoms with Crippen molar-refractivity contribution in [3.63, 3.8) is 0 Å². The maximum absolute atomic E-state index is 12.8. The van der Waals surface area contributed by atoms with Crippen LogP contribution in [0.5, 0.6) is 5.75 Å². The van der Waals surface area contributed by atoms with Gasteiger partial charge >= 0.3 is 21.6 Å². The molecule has 1 aromatic carbocycles. The summed E-state index contributed by atoms with van der Waals surface area (Å²) in [7, 11) is -5.00. The average molecular weight is 473 g/mol. The first-order chi connectivity index (χ1) is 14.6. The highest BCUT2D eigenvalue weighted by molar-refractivity contribution is 7.88. The fourth-order valence-corrected chi connectivity index (χ4v) is 3.61. The van der Waals surface area contributed by atoms with E-state index in [-0.39, 0.29) is 5.56 Å². The largest absolute Gasteiger partial charge is 0.534 e. The molecule has 1 N–H and O–H groups in total. The smallest absolute Gasteiger partial charge is 0.465 e. The first-order valence-electron chi connectivity index (χ1n) is 8.42. The van der Waals surface area contributed by atoms with E-state index in [0.717, 1.165) is 19.2 Å². The van der Waals surface area contributed by atoms with Crippen LogP contribution in [0.25, 0.3) is 11.6 Å². The van der Waals surface area contributed by atoms with Gasteiger partial charge in [-0.25, -0.2) is 14.8 Å². The van der Waals surface area contributed by atoms with Gasteiger partial charge in [-0.1, -0.05) is 6.07 Å². The van der Waals surface area contributed by atoms with Gasteiger partial charge in [0.15, 0.2) is 5.75 Å². The number of aromatic nitrogens is 3. The molecule has 0 amide bonds. The van der Waals surface area contributed by atoms with E-state index in [1.165, 1.54) is 17.4 Å². The topological polar surface area (TPSA) is 111 Å². The number of H-pyrrole nitrogens is 1. The van der Waals surface area contributed by atoms with E-state index in [0.29, 0.717) is 22.8 Å². The van der Waals surface area contributed by atoms with Crippen LogP contribution in [0.15, 0.2) is 42.2 Å². The zero-order chi connectivity index (χ0) is 22.6. The molecule has 0 aliphatic rings. The lowest BCUT2D eigenvalue weighted by atomic mass is 10.1. The second-order valence-electron chi connectivity index (χ2n) is 5.95. The summed E-state index contributed by atoms with van der Waals surface area (Å²) in [5.41, 5.74) is -5.22. The van der Waals surface area contributed by atoms with E-state index in [9.17, 15) is 26.4 Å². The Morgan fingerprint density at radius 1 is 1.26 bits per heavy atom. The Hall–Kier alpha value is -3.19. The van der Waals surface area contributed by atoms with Crippen molar-refractivity contribution in [1.29, 1.82) is 0 Å². The van der Waals surface area contributed by atoms with Gasteiger partial charge in [-0.15, -0.1) is 11.3 Å². The number of hydrogen-bond acceptors (Lipinski definition) is 8. The number of benzene rings is 1. The number of ether oxygens (including phenoxy) is 1. The molecule has 2 heterocycles. The molecule has 2 aromatic heterocycles. The lowest BCUT2D eigenvalue weighted by Crippen LogP contribution is -2.28. The normalized spacial score (nSPS) is 12.6. The van der Waals surface area contributed by atoms with Crippen LogP contribution in [0, 0.1) is 0 Å². The van der Waals surface area contributed by atoms with Crippen LogP contribution in [0.2, 0.25) is 0 Å². The molecule has 0 fully saturated rings. The second kappa shape index (κ2) is 8.89. The predicted molar refractivity (Wildman–Crippen MR) is 106 cm³/mol. The van der Waals surface area contributed by atoms with E-state index in [1.807, 2.05) is 0 Å². The fourth-order valence-electron chi connectivity index (χ4n) is 2.49. The number of thiazole rings is 1. The van der Waals surface area contributed by atoms with E-state index in [1.54, 1.807) is 30.0 Å². The van der Waals surface area contributed by atoms with Crippen molar-refractivity contribution >= 4 is 39.1 Å². The van der Waals surface area contributed by atoms with Crippen molar-refractivity contribution in [1.82, 2.24) is 15.0 Å². The van der Waals surface area contributed by atoms with E-state index in [4.69, 9.17) is 0 Å². The van der Waals surface area contributed by atoms with Crippen molar-refractivity contribution in [2.45, 2.75) is 11.9 Å². The van der Waals surface area contributed by atoms with Gasteiger partial charge in [0, 0.05) is 30.4 Å². The molecular formula is C18H14F3N3O5S2. The number of nitrogens with zero attached hydrogens (tertiary/aromatic N) is 2.